The monoisotopic (exact) mass is 228 g/mol. The molecule has 1 aliphatic rings. The molecule has 1 aromatic heterocycles. The first-order valence-electron chi connectivity index (χ1n) is 4.91. The maximum atomic E-state index is 11.9. The molecule has 0 radical (unpaired) electrons. The molecule has 1 amide bonds. The lowest BCUT2D eigenvalue weighted by atomic mass is 10.2. The number of nitrogens with zero attached hydrogens (tertiary/aromatic N) is 1. The lowest BCUT2D eigenvalue weighted by Crippen LogP contribution is -2.44. The van der Waals surface area contributed by atoms with Gasteiger partial charge in [-0.1, -0.05) is 11.6 Å². The van der Waals surface area contributed by atoms with Gasteiger partial charge in [-0.05, 0) is 13.0 Å². The van der Waals surface area contributed by atoms with E-state index in [1.165, 1.54) is 0 Å². The summed E-state index contributed by atoms with van der Waals surface area (Å²) in [5.41, 5.74) is 0.536. The number of ether oxygens (including phenoxy) is 1. The highest BCUT2D eigenvalue weighted by molar-refractivity contribution is 6.30. The van der Waals surface area contributed by atoms with E-state index in [1.54, 1.807) is 17.2 Å². The van der Waals surface area contributed by atoms with Gasteiger partial charge in [0, 0.05) is 19.3 Å². The first kappa shape index (κ1) is 10.5. The summed E-state index contributed by atoms with van der Waals surface area (Å²) >= 11 is 5.75. The third kappa shape index (κ3) is 2.33. The molecule has 1 aliphatic heterocycles. The number of aromatic nitrogens is 1. The quantitative estimate of drug-likeness (QED) is 0.792. The van der Waals surface area contributed by atoms with E-state index in [0.717, 1.165) is 0 Å². The average molecular weight is 229 g/mol. The highest BCUT2D eigenvalue weighted by Crippen LogP contribution is 2.13. The van der Waals surface area contributed by atoms with Crippen molar-refractivity contribution in [3.63, 3.8) is 0 Å². The molecule has 0 spiro atoms. The van der Waals surface area contributed by atoms with Crippen LogP contribution in [0.1, 0.15) is 17.4 Å². The molecule has 0 saturated carbocycles. The van der Waals surface area contributed by atoms with Crippen LogP contribution in [0.3, 0.4) is 0 Å². The van der Waals surface area contributed by atoms with Crippen LogP contribution in [0.2, 0.25) is 5.02 Å². The Morgan fingerprint density at radius 2 is 2.53 bits per heavy atom. The first-order valence-corrected chi connectivity index (χ1v) is 5.29. The van der Waals surface area contributed by atoms with Crippen molar-refractivity contribution in [2.24, 2.45) is 0 Å². The standard InChI is InChI=1S/C10H13ClN2O2/c1-7-6-13(2-3-15-7)10(14)9-4-8(11)5-12-9/h4-5,7,12H,2-3,6H2,1H3. The van der Waals surface area contributed by atoms with Crippen LogP contribution in [0.5, 0.6) is 0 Å². The van der Waals surface area contributed by atoms with Gasteiger partial charge in [0.05, 0.1) is 17.7 Å². The van der Waals surface area contributed by atoms with Crippen LogP contribution in [0.4, 0.5) is 0 Å². The highest BCUT2D eigenvalue weighted by Gasteiger charge is 2.23. The van der Waals surface area contributed by atoms with Crippen molar-refractivity contribution in [2.75, 3.05) is 19.7 Å². The number of nitrogens with one attached hydrogen (secondary N) is 1. The van der Waals surface area contributed by atoms with Crippen LogP contribution in [0.15, 0.2) is 12.3 Å². The molecule has 1 N–H and O–H groups in total. The molecule has 1 unspecified atom stereocenters. The summed E-state index contributed by atoms with van der Waals surface area (Å²) < 4.78 is 5.37. The third-order valence-corrected chi connectivity index (χ3v) is 2.62. The molecular formula is C10H13ClN2O2. The molecule has 0 aliphatic carbocycles. The predicted molar refractivity (Wildman–Crippen MR) is 57.1 cm³/mol. The fourth-order valence-electron chi connectivity index (χ4n) is 1.66. The number of morpholine rings is 1. The Labute approximate surface area is 93.2 Å². The Kier molecular flexibility index (Phi) is 2.98. The van der Waals surface area contributed by atoms with Crippen LogP contribution in [-0.4, -0.2) is 41.6 Å². The Morgan fingerprint density at radius 1 is 1.73 bits per heavy atom. The van der Waals surface area contributed by atoms with E-state index in [2.05, 4.69) is 4.98 Å². The van der Waals surface area contributed by atoms with E-state index >= 15 is 0 Å². The van der Waals surface area contributed by atoms with Crippen molar-refractivity contribution in [1.29, 1.82) is 0 Å². The summed E-state index contributed by atoms with van der Waals surface area (Å²) in [7, 11) is 0. The lowest BCUT2D eigenvalue weighted by molar-refractivity contribution is -0.0126. The van der Waals surface area contributed by atoms with Crippen LogP contribution in [0, 0.1) is 0 Å². The van der Waals surface area contributed by atoms with Gasteiger partial charge in [-0.2, -0.15) is 0 Å². The van der Waals surface area contributed by atoms with E-state index in [1.807, 2.05) is 6.92 Å². The molecule has 15 heavy (non-hydrogen) atoms. The number of carbonyl (C=O) groups is 1. The summed E-state index contributed by atoms with van der Waals surface area (Å²) in [6.07, 6.45) is 1.71. The fourth-order valence-corrected chi connectivity index (χ4v) is 1.83. The maximum absolute atomic E-state index is 11.9. The molecule has 1 atom stereocenters. The van der Waals surface area contributed by atoms with Gasteiger partial charge in [0.1, 0.15) is 5.69 Å². The molecule has 0 aromatic carbocycles. The molecule has 1 aromatic rings. The van der Waals surface area contributed by atoms with Crippen LogP contribution < -0.4 is 0 Å². The Morgan fingerprint density at radius 3 is 3.13 bits per heavy atom. The maximum Gasteiger partial charge on any atom is 0.270 e. The predicted octanol–water partition coefficient (Wildman–Crippen LogP) is 1.53. The van der Waals surface area contributed by atoms with Crippen molar-refractivity contribution in [3.8, 4) is 0 Å². The SMILES string of the molecule is CC1CN(C(=O)c2cc(Cl)c[nH]2)CCO1. The van der Waals surface area contributed by atoms with Crippen molar-refractivity contribution >= 4 is 17.5 Å². The molecule has 0 bridgehead atoms. The smallest absolute Gasteiger partial charge is 0.270 e. The van der Waals surface area contributed by atoms with Gasteiger partial charge in [-0.3, -0.25) is 4.79 Å². The molecule has 5 heteroatoms. The summed E-state index contributed by atoms with van der Waals surface area (Å²) in [4.78, 5) is 16.6. The fraction of sp³-hybridized carbons (Fsp3) is 0.500. The van der Waals surface area contributed by atoms with Gasteiger partial charge in [-0.15, -0.1) is 0 Å². The Hall–Kier alpha value is -1.00. The van der Waals surface area contributed by atoms with Crippen molar-refractivity contribution in [1.82, 2.24) is 9.88 Å². The minimum absolute atomic E-state index is 0.0166. The largest absolute Gasteiger partial charge is 0.375 e. The molecule has 4 nitrogen and oxygen atoms in total. The van der Waals surface area contributed by atoms with Gasteiger partial charge >= 0.3 is 0 Å². The van der Waals surface area contributed by atoms with Gasteiger partial charge in [0.2, 0.25) is 0 Å². The first-order chi connectivity index (χ1) is 7.16. The van der Waals surface area contributed by atoms with E-state index in [4.69, 9.17) is 16.3 Å². The number of aromatic amines is 1. The van der Waals surface area contributed by atoms with Crippen LogP contribution in [0.25, 0.3) is 0 Å². The van der Waals surface area contributed by atoms with Gasteiger partial charge in [0.25, 0.3) is 5.91 Å². The number of amides is 1. The number of hydrogen-bond donors (Lipinski definition) is 1. The zero-order chi connectivity index (χ0) is 10.8. The summed E-state index contributed by atoms with van der Waals surface area (Å²) in [6.45, 7) is 3.83. The number of H-pyrrole nitrogens is 1. The normalized spacial score (nSPS) is 21.7. The minimum Gasteiger partial charge on any atom is -0.375 e. The Bertz CT molecular complexity index is 364. The number of rotatable bonds is 1. The Balaban J connectivity index is 2.07. The van der Waals surface area contributed by atoms with Gasteiger partial charge < -0.3 is 14.6 Å². The van der Waals surface area contributed by atoms with E-state index in [-0.39, 0.29) is 12.0 Å². The number of carbonyl (C=O) groups excluding carboxylic acids is 1. The summed E-state index contributed by atoms with van der Waals surface area (Å²) in [6, 6.07) is 1.64. The number of halogens is 1. The third-order valence-electron chi connectivity index (χ3n) is 2.41. The summed E-state index contributed by atoms with van der Waals surface area (Å²) in [5, 5.41) is 0.555. The second-order valence-electron chi connectivity index (χ2n) is 3.66. The van der Waals surface area contributed by atoms with Crippen molar-refractivity contribution < 1.29 is 9.53 Å². The lowest BCUT2D eigenvalue weighted by Gasteiger charge is -2.30. The number of hydrogen-bond acceptors (Lipinski definition) is 2. The second kappa shape index (κ2) is 4.24. The van der Waals surface area contributed by atoms with Gasteiger partial charge in [-0.25, -0.2) is 0 Å². The average Bonchev–Trinajstić information content (AvgIpc) is 2.64. The molecular weight excluding hydrogens is 216 g/mol. The molecule has 2 heterocycles. The van der Waals surface area contributed by atoms with Crippen LogP contribution in [-0.2, 0) is 4.74 Å². The zero-order valence-corrected chi connectivity index (χ0v) is 9.25. The van der Waals surface area contributed by atoms with E-state index in [0.29, 0.717) is 30.4 Å². The van der Waals surface area contributed by atoms with E-state index in [9.17, 15) is 4.79 Å². The second-order valence-corrected chi connectivity index (χ2v) is 4.10. The van der Waals surface area contributed by atoms with Gasteiger partial charge in [0.15, 0.2) is 0 Å². The topological polar surface area (TPSA) is 45.3 Å². The van der Waals surface area contributed by atoms with Crippen LogP contribution >= 0.6 is 11.6 Å². The van der Waals surface area contributed by atoms with E-state index < -0.39 is 0 Å². The minimum atomic E-state index is -0.0166. The molecule has 1 saturated heterocycles. The highest BCUT2D eigenvalue weighted by atomic mass is 35.5. The molecule has 82 valence electrons. The molecule has 2 rings (SSSR count). The zero-order valence-electron chi connectivity index (χ0n) is 8.50. The van der Waals surface area contributed by atoms with Crippen molar-refractivity contribution in [3.05, 3.63) is 23.0 Å². The molecule has 1 fully saturated rings. The summed E-state index contributed by atoms with van der Waals surface area (Å²) in [5.74, 6) is -0.0166. The van der Waals surface area contributed by atoms with Crippen molar-refractivity contribution in [2.45, 2.75) is 13.0 Å².